The first-order valence-electron chi connectivity index (χ1n) is 5.28. The number of hydrogen-bond acceptors (Lipinski definition) is 1. The van der Waals surface area contributed by atoms with E-state index < -0.39 is 0 Å². The fourth-order valence-corrected chi connectivity index (χ4v) is 2.61. The zero-order valence-corrected chi connectivity index (χ0v) is 8.89. The van der Waals surface area contributed by atoms with Gasteiger partial charge >= 0.3 is 0 Å². The molecule has 1 aliphatic rings. The van der Waals surface area contributed by atoms with Gasteiger partial charge in [0.05, 0.1) is 6.10 Å². The smallest absolute Gasteiger partial charge is 0.0654 e. The highest BCUT2D eigenvalue weighted by atomic mass is 16.5. The number of hydrogen-bond donors (Lipinski definition) is 0. The van der Waals surface area contributed by atoms with Gasteiger partial charge in [-0.05, 0) is 30.6 Å². The van der Waals surface area contributed by atoms with Crippen molar-refractivity contribution in [3.05, 3.63) is 0 Å². The van der Waals surface area contributed by atoms with Gasteiger partial charge in [0.2, 0.25) is 0 Å². The summed E-state index contributed by atoms with van der Waals surface area (Å²) < 4.78 is 5.81. The third kappa shape index (κ3) is 1.52. The van der Waals surface area contributed by atoms with Crippen molar-refractivity contribution in [3.8, 4) is 0 Å². The monoisotopic (exact) mass is 170 g/mol. The summed E-state index contributed by atoms with van der Waals surface area (Å²) >= 11 is 0. The topological polar surface area (TPSA) is 9.23 Å². The van der Waals surface area contributed by atoms with Crippen molar-refractivity contribution >= 4 is 0 Å². The average Bonchev–Trinajstić information content (AvgIpc) is 2.48. The zero-order chi connectivity index (χ0) is 9.19. The van der Waals surface area contributed by atoms with Crippen LogP contribution in [0.15, 0.2) is 0 Å². The third-order valence-electron chi connectivity index (χ3n) is 3.51. The molecule has 0 aromatic rings. The highest BCUT2D eigenvalue weighted by molar-refractivity contribution is 4.91. The van der Waals surface area contributed by atoms with Crippen molar-refractivity contribution in [2.45, 2.75) is 53.1 Å². The molecule has 1 rings (SSSR count). The minimum absolute atomic E-state index is 0.494. The van der Waals surface area contributed by atoms with Gasteiger partial charge in [0.1, 0.15) is 0 Å². The molecule has 0 bridgehead atoms. The Bertz CT molecular complexity index is 136. The minimum atomic E-state index is 0.494. The molecule has 1 atom stereocenters. The Kier molecular flexibility index (Phi) is 3.16. The van der Waals surface area contributed by atoms with E-state index in [4.69, 9.17) is 4.74 Å². The molecule has 0 unspecified atom stereocenters. The molecule has 0 spiro atoms. The molecule has 1 saturated heterocycles. The normalized spacial score (nSPS) is 28.2. The van der Waals surface area contributed by atoms with Crippen molar-refractivity contribution in [2.75, 3.05) is 6.61 Å². The minimum Gasteiger partial charge on any atom is -0.377 e. The van der Waals surface area contributed by atoms with E-state index in [1.165, 1.54) is 19.3 Å². The SMILES string of the molecule is CCC1(CC)CCO[C@@H]1C(C)C. The first-order chi connectivity index (χ1) is 5.66. The first-order valence-corrected chi connectivity index (χ1v) is 5.28. The van der Waals surface area contributed by atoms with Crippen molar-refractivity contribution in [1.29, 1.82) is 0 Å². The van der Waals surface area contributed by atoms with Crippen LogP contribution in [0.3, 0.4) is 0 Å². The maximum Gasteiger partial charge on any atom is 0.0654 e. The quantitative estimate of drug-likeness (QED) is 0.632. The zero-order valence-electron chi connectivity index (χ0n) is 8.89. The molecular weight excluding hydrogens is 148 g/mol. The van der Waals surface area contributed by atoms with Crippen molar-refractivity contribution in [3.63, 3.8) is 0 Å². The summed E-state index contributed by atoms with van der Waals surface area (Å²) in [6, 6.07) is 0. The number of rotatable bonds is 3. The average molecular weight is 170 g/mol. The Morgan fingerprint density at radius 3 is 2.25 bits per heavy atom. The van der Waals surface area contributed by atoms with Gasteiger partial charge < -0.3 is 4.74 Å². The predicted molar refractivity (Wildman–Crippen MR) is 52.2 cm³/mol. The summed E-state index contributed by atoms with van der Waals surface area (Å²) in [6.07, 6.45) is 4.31. The van der Waals surface area contributed by atoms with Crippen LogP contribution in [0.25, 0.3) is 0 Å². The Morgan fingerprint density at radius 2 is 1.92 bits per heavy atom. The van der Waals surface area contributed by atoms with Crippen molar-refractivity contribution in [2.24, 2.45) is 11.3 Å². The fourth-order valence-electron chi connectivity index (χ4n) is 2.61. The molecule has 1 aliphatic heterocycles. The molecule has 0 aromatic carbocycles. The second-order valence-corrected chi connectivity index (χ2v) is 4.35. The van der Waals surface area contributed by atoms with Crippen LogP contribution >= 0.6 is 0 Å². The van der Waals surface area contributed by atoms with Crippen LogP contribution in [-0.4, -0.2) is 12.7 Å². The van der Waals surface area contributed by atoms with Crippen LogP contribution in [0.5, 0.6) is 0 Å². The molecule has 0 radical (unpaired) electrons. The van der Waals surface area contributed by atoms with Gasteiger partial charge in [-0.25, -0.2) is 0 Å². The Morgan fingerprint density at radius 1 is 1.33 bits per heavy atom. The van der Waals surface area contributed by atoms with E-state index in [9.17, 15) is 0 Å². The van der Waals surface area contributed by atoms with Gasteiger partial charge in [-0.1, -0.05) is 27.7 Å². The lowest BCUT2D eigenvalue weighted by molar-refractivity contribution is 0.00920. The Hall–Kier alpha value is -0.0400. The van der Waals surface area contributed by atoms with Crippen LogP contribution in [0.2, 0.25) is 0 Å². The van der Waals surface area contributed by atoms with Crippen LogP contribution in [0.4, 0.5) is 0 Å². The maximum atomic E-state index is 5.81. The molecule has 0 aromatic heterocycles. The molecule has 0 amide bonds. The molecule has 12 heavy (non-hydrogen) atoms. The highest BCUT2D eigenvalue weighted by Gasteiger charge is 2.42. The van der Waals surface area contributed by atoms with Gasteiger partial charge in [-0.2, -0.15) is 0 Å². The molecule has 0 aliphatic carbocycles. The molecule has 1 nitrogen and oxygen atoms in total. The summed E-state index contributed by atoms with van der Waals surface area (Å²) in [7, 11) is 0. The summed E-state index contributed by atoms with van der Waals surface area (Å²) in [4.78, 5) is 0. The lowest BCUT2D eigenvalue weighted by Gasteiger charge is -2.34. The lowest BCUT2D eigenvalue weighted by atomic mass is 9.73. The van der Waals surface area contributed by atoms with Gasteiger partial charge in [0.15, 0.2) is 0 Å². The van der Waals surface area contributed by atoms with E-state index in [1.807, 2.05) is 0 Å². The van der Waals surface area contributed by atoms with Crippen molar-refractivity contribution < 1.29 is 4.74 Å². The molecule has 1 heterocycles. The second kappa shape index (κ2) is 3.78. The van der Waals surface area contributed by atoms with E-state index in [1.54, 1.807) is 0 Å². The van der Waals surface area contributed by atoms with Gasteiger partial charge in [0, 0.05) is 6.61 Å². The molecule has 0 N–H and O–H groups in total. The molecule has 72 valence electrons. The van der Waals surface area contributed by atoms with Crippen LogP contribution < -0.4 is 0 Å². The van der Waals surface area contributed by atoms with Crippen LogP contribution in [0.1, 0.15) is 47.0 Å². The van der Waals surface area contributed by atoms with Gasteiger partial charge in [-0.3, -0.25) is 0 Å². The second-order valence-electron chi connectivity index (χ2n) is 4.35. The maximum absolute atomic E-state index is 5.81. The highest BCUT2D eigenvalue weighted by Crippen LogP contribution is 2.44. The van der Waals surface area contributed by atoms with Gasteiger partial charge in [0.25, 0.3) is 0 Å². The number of ether oxygens (including phenoxy) is 1. The fraction of sp³-hybridized carbons (Fsp3) is 1.00. The first kappa shape index (κ1) is 10.0. The van der Waals surface area contributed by atoms with E-state index in [-0.39, 0.29) is 0 Å². The van der Waals surface area contributed by atoms with E-state index in [0.717, 1.165) is 6.61 Å². The summed E-state index contributed by atoms with van der Waals surface area (Å²) in [5.41, 5.74) is 0.494. The largest absolute Gasteiger partial charge is 0.377 e. The summed E-state index contributed by atoms with van der Waals surface area (Å²) in [5.74, 6) is 0.674. The lowest BCUT2D eigenvalue weighted by Crippen LogP contribution is -2.33. The summed E-state index contributed by atoms with van der Waals surface area (Å²) in [6.45, 7) is 10.1. The molecule has 1 heteroatoms. The van der Waals surface area contributed by atoms with E-state index in [0.29, 0.717) is 17.4 Å². The van der Waals surface area contributed by atoms with E-state index >= 15 is 0 Å². The van der Waals surface area contributed by atoms with E-state index in [2.05, 4.69) is 27.7 Å². The summed E-state index contributed by atoms with van der Waals surface area (Å²) in [5, 5.41) is 0. The third-order valence-corrected chi connectivity index (χ3v) is 3.51. The van der Waals surface area contributed by atoms with Crippen LogP contribution in [-0.2, 0) is 4.74 Å². The molecule has 1 fully saturated rings. The predicted octanol–water partition coefficient (Wildman–Crippen LogP) is 3.24. The standard InChI is InChI=1S/C11H22O/c1-5-11(6-2)7-8-12-10(11)9(3)4/h9-10H,5-8H2,1-4H3/t10-/m1/s1. The van der Waals surface area contributed by atoms with Crippen molar-refractivity contribution in [1.82, 2.24) is 0 Å². The molecular formula is C11H22O. The molecule has 0 saturated carbocycles. The Labute approximate surface area is 76.5 Å². The Balaban J connectivity index is 2.72. The van der Waals surface area contributed by atoms with Gasteiger partial charge in [-0.15, -0.1) is 0 Å². The van der Waals surface area contributed by atoms with Crippen LogP contribution in [0, 0.1) is 11.3 Å².